The van der Waals surface area contributed by atoms with E-state index in [0.717, 1.165) is 19.3 Å². The van der Waals surface area contributed by atoms with E-state index in [2.05, 4.69) is 6.92 Å². The summed E-state index contributed by atoms with van der Waals surface area (Å²) in [5.41, 5.74) is 0. The highest BCUT2D eigenvalue weighted by molar-refractivity contribution is 7.81. The van der Waals surface area contributed by atoms with Gasteiger partial charge in [0, 0.05) is 0 Å². The van der Waals surface area contributed by atoms with Crippen LogP contribution in [0.2, 0.25) is 0 Å². The molecule has 0 aromatic rings. The Kier molecular flexibility index (Phi) is 12.3. The van der Waals surface area contributed by atoms with Gasteiger partial charge in [-0.25, -0.2) is 8.37 Å². The highest BCUT2D eigenvalue weighted by Crippen LogP contribution is 2.11. The fraction of sp³-hybridized carbons (Fsp3) is 1.00. The highest BCUT2D eigenvalue weighted by Gasteiger charge is 2.20. The summed E-state index contributed by atoms with van der Waals surface area (Å²) in [7, 11) is -0.324. The zero-order chi connectivity index (χ0) is 16.1. The summed E-state index contributed by atoms with van der Waals surface area (Å²) in [6.45, 7) is 4.29. The molecule has 0 aliphatic carbocycles. The molecule has 21 heavy (non-hydrogen) atoms. The van der Waals surface area contributed by atoms with Gasteiger partial charge in [0.05, 0.1) is 6.61 Å². The van der Waals surface area contributed by atoms with Crippen LogP contribution in [-0.2, 0) is 18.8 Å². The third kappa shape index (κ3) is 12.1. The van der Waals surface area contributed by atoms with Crippen LogP contribution in [0.1, 0.15) is 71.6 Å². The molecule has 0 spiro atoms. The molecule has 0 fully saturated rings. The lowest BCUT2D eigenvalue weighted by atomic mass is 10.1. The minimum absolute atomic E-state index is 0.209. The van der Waals surface area contributed by atoms with Gasteiger partial charge in [-0.15, -0.1) is 0 Å². The van der Waals surface area contributed by atoms with Gasteiger partial charge < -0.3 is 0 Å². The maximum atomic E-state index is 11.6. The second-order valence-corrected chi connectivity index (χ2v) is 6.87. The molecule has 6 heteroatoms. The fourth-order valence-electron chi connectivity index (χ4n) is 2.08. The van der Waals surface area contributed by atoms with E-state index in [-0.39, 0.29) is 6.61 Å². The normalized spacial score (nSPS) is 13.8. The van der Waals surface area contributed by atoms with Crippen molar-refractivity contribution in [1.82, 2.24) is 4.90 Å². The number of nitrogens with zero attached hydrogens (tertiary/aromatic N) is 1. The van der Waals surface area contributed by atoms with Crippen LogP contribution >= 0.6 is 0 Å². The Balaban J connectivity index is 3.66. The zero-order valence-corrected chi connectivity index (χ0v) is 15.0. The van der Waals surface area contributed by atoms with E-state index >= 15 is 0 Å². The average molecular weight is 323 g/mol. The van der Waals surface area contributed by atoms with E-state index in [4.69, 9.17) is 8.37 Å². The largest absolute Gasteiger partial charge is 0.401 e. The molecule has 0 aromatic carbocycles. The van der Waals surface area contributed by atoms with Crippen molar-refractivity contribution in [2.75, 3.05) is 20.7 Å². The molecular weight excluding hydrogens is 290 g/mol. The summed E-state index contributed by atoms with van der Waals surface area (Å²) in [6, 6.07) is 0. The standard InChI is InChI=1S/C15H33NO4S/c1-5-7-8-9-10-11-12-13-14-19-21(17,18)20-15(6-2)16(3)4/h15H,5-14H2,1-4H3. The molecule has 0 radical (unpaired) electrons. The van der Waals surface area contributed by atoms with Gasteiger partial charge in [-0.3, -0.25) is 4.90 Å². The van der Waals surface area contributed by atoms with Crippen molar-refractivity contribution in [3.63, 3.8) is 0 Å². The van der Waals surface area contributed by atoms with E-state index in [1.807, 2.05) is 6.92 Å². The Labute approximate surface area is 131 Å². The molecule has 0 rings (SSSR count). The molecule has 0 heterocycles. The highest BCUT2D eigenvalue weighted by atomic mass is 32.3. The van der Waals surface area contributed by atoms with Crippen LogP contribution in [0.4, 0.5) is 0 Å². The third-order valence-corrected chi connectivity index (χ3v) is 4.29. The summed E-state index contributed by atoms with van der Waals surface area (Å²) in [5, 5.41) is 0. The lowest BCUT2D eigenvalue weighted by molar-refractivity contribution is 0.0480. The molecule has 0 bridgehead atoms. The van der Waals surface area contributed by atoms with Crippen molar-refractivity contribution in [1.29, 1.82) is 0 Å². The predicted octanol–water partition coefficient (Wildman–Crippen LogP) is 3.70. The van der Waals surface area contributed by atoms with Crippen molar-refractivity contribution in [3.05, 3.63) is 0 Å². The van der Waals surface area contributed by atoms with Crippen molar-refractivity contribution >= 4 is 10.4 Å². The van der Waals surface area contributed by atoms with Crippen LogP contribution in [0.5, 0.6) is 0 Å². The summed E-state index contributed by atoms with van der Waals surface area (Å²) in [5.74, 6) is 0. The van der Waals surface area contributed by atoms with Crippen LogP contribution in [0, 0.1) is 0 Å². The van der Waals surface area contributed by atoms with Gasteiger partial charge in [-0.2, -0.15) is 8.42 Å². The van der Waals surface area contributed by atoms with Crippen molar-refractivity contribution in [2.45, 2.75) is 77.9 Å². The van der Waals surface area contributed by atoms with Gasteiger partial charge in [0.15, 0.2) is 0 Å². The molecule has 0 saturated carbocycles. The van der Waals surface area contributed by atoms with Crippen molar-refractivity contribution < 1.29 is 16.8 Å². The average Bonchev–Trinajstić information content (AvgIpc) is 2.42. The summed E-state index contributed by atoms with van der Waals surface area (Å²) in [6.07, 6.45) is 9.41. The van der Waals surface area contributed by atoms with Crippen LogP contribution in [0.25, 0.3) is 0 Å². The molecule has 0 N–H and O–H groups in total. The Morgan fingerprint density at radius 2 is 1.43 bits per heavy atom. The van der Waals surface area contributed by atoms with Crippen LogP contribution in [-0.4, -0.2) is 40.2 Å². The smallest absolute Gasteiger partial charge is 0.283 e. The van der Waals surface area contributed by atoms with E-state index < -0.39 is 16.6 Å². The summed E-state index contributed by atoms with van der Waals surface area (Å²) >= 11 is 0. The first-order chi connectivity index (χ1) is 9.93. The number of rotatable bonds is 14. The third-order valence-electron chi connectivity index (χ3n) is 3.38. The molecular formula is C15H33NO4S. The van der Waals surface area contributed by atoms with Gasteiger partial charge in [0.1, 0.15) is 6.23 Å². The maximum absolute atomic E-state index is 11.6. The molecule has 0 saturated heterocycles. The molecule has 128 valence electrons. The summed E-state index contributed by atoms with van der Waals surface area (Å²) < 4.78 is 33.2. The first-order valence-corrected chi connectivity index (χ1v) is 9.50. The van der Waals surface area contributed by atoms with Gasteiger partial charge in [-0.1, -0.05) is 58.8 Å². The molecule has 1 atom stereocenters. The predicted molar refractivity (Wildman–Crippen MR) is 86.3 cm³/mol. The van der Waals surface area contributed by atoms with Crippen LogP contribution in [0.3, 0.4) is 0 Å². The molecule has 5 nitrogen and oxygen atoms in total. The van der Waals surface area contributed by atoms with E-state index in [1.165, 1.54) is 32.1 Å². The Morgan fingerprint density at radius 1 is 0.905 bits per heavy atom. The van der Waals surface area contributed by atoms with Gasteiger partial charge in [-0.05, 0) is 26.9 Å². The first kappa shape index (κ1) is 20.8. The second kappa shape index (κ2) is 12.4. The Morgan fingerprint density at radius 3 is 1.90 bits per heavy atom. The molecule has 0 amide bonds. The van der Waals surface area contributed by atoms with Gasteiger partial charge >= 0.3 is 10.4 Å². The minimum Gasteiger partial charge on any atom is -0.283 e. The topological polar surface area (TPSA) is 55.8 Å². The molecule has 0 aliphatic rings. The lowest BCUT2D eigenvalue weighted by Gasteiger charge is -2.21. The van der Waals surface area contributed by atoms with Crippen molar-refractivity contribution in [3.8, 4) is 0 Å². The van der Waals surface area contributed by atoms with Gasteiger partial charge in [0.25, 0.3) is 0 Å². The van der Waals surface area contributed by atoms with E-state index in [1.54, 1.807) is 19.0 Å². The minimum atomic E-state index is -3.88. The van der Waals surface area contributed by atoms with E-state index in [9.17, 15) is 8.42 Å². The van der Waals surface area contributed by atoms with Crippen LogP contribution in [0.15, 0.2) is 0 Å². The monoisotopic (exact) mass is 323 g/mol. The molecule has 0 aliphatic heterocycles. The van der Waals surface area contributed by atoms with Gasteiger partial charge in [0.2, 0.25) is 0 Å². The fourth-order valence-corrected chi connectivity index (χ4v) is 3.04. The maximum Gasteiger partial charge on any atom is 0.401 e. The Hall–Kier alpha value is -0.170. The number of unbranched alkanes of at least 4 members (excludes halogenated alkanes) is 7. The lowest BCUT2D eigenvalue weighted by Crippen LogP contribution is -2.32. The SMILES string of the molecule is CCCCCCCCCCOS(=O)(=O)OC(CC)N(C)C. The van der Waals surface area contributed by atoms with E-state index in [0.29, 0.717) is 6.42 Å². The summed E-state index contributed by atoms with van der Waals surface area (Å²) in [4.78, 5) is 1.72. The van der Waals surface area contributed by atoms with Crippen molar-refractivity contribution in [2.24, 2.45) is 0 Å². The molecule has 1 unspecified atom stereocenters. The second-order valence-electron chi connectivity index (χ2n) is 5.63. The number of hydrogen-bond donors (Lipinski definition) is 0. The zero-order valence-electron chi connectivity index (χ0n) is 14.1. The van der Waals surface area contributed by atoms with Crippen LogP contribution < -0.4 is 0 Å². The Bertz CT molecular complexity index is 331. The first-order valence-electron chi connectivity index (χ1n) is 8.17. The quantitative estimate of drug-likeness (QED) is 0.360. The number of hydrogen-bond acceptors (Lipinski definition) is 5. The molecule has 0 aromatic heterocycles.